The molecular formula is C38H41ClF3N12O5+. The summed E-state index contributed by atoms with van der Waals surface area (Å²) in [5, 5.41) is 19.3. The number of benzene rings is 1. The third-order valence-electron chi connectivity index (χ3n) is 11.5. The van der Waals surface area contributed by atoms with E-state index in [1.165, 1.54) is 36.0 Å². The third-order valence-corrected chi connectivity index (χ3v) is 11.8. The molecule has 7 heterocycles. The van der Waals surface area contributed by atoms with E-state index >= 15 is 0 Å². The fraction of sp³-hybridized carbons (Fsp3) is 0.421. The Labute approximate surface area is 339 Å². The highest BCUT2D eigenvalue weighted by Gasteiger charge is 2.43. The summed E-state index contributed by atoms with van der Waals surface area (Å²) in [7, 11) is 1.40. The zero-order chi connectivity index (χ0) is 41.6. The Balaban J connectivity index is 0.883. The van der Waals surface area contributed by atoms with Crippen molar-refractivity contribution in [2.45, 2.75) is 19.0 Å². The number of fused-ring (bicyclic) bond motifs is 1. The van der Waals surface area contributed by atoms with Crippen molar-refractivity contribution >= 4 is 52.0 Å². The lowest BCUT2D eigenvalue weighted by atomic mass is 9.90. The normalized spacial score (nSPS) is 20.1. The number of nitrogens with zero attached hydrogens (tertiary/aromatic N) is 9. The molecule has 21 heteroatoms. The van der Waals surface area contributed by atoms with Gasteiger partial charge >= 0.3 is 12.1 Å². The first-order valence-electron chi connectivity index (χ1n) is 19.1. The summed E-state index contributed by atoms with van der Waals surface area (Å²) in [5.74, 6) is -1.89. The van der Waals surface area contributed by atoms with Gasteiger partial charge in [-0.25, -0.2) is 24.4 Å². The smallest absolute Gasteiger partial charge is 0.435 e. The van der Waals surface area contributed by atoms with Crippen molar-refractivity contribution in [3.63, 3.8) is 0 Å². The molecule has 4 aromatic heterocycles. The van der Waals surface area contributed by atoms with E-state index in [-0.39, 0.29) is 63.6 Å². The van der Waals surface area contributed by atoms with Crippen LogP contribution in [0.3, 0.4) is 0 Å². The number of carbonyl (C=O) groups is 4. The molecule has 0 atom stereocenters. The van der Waals surface area contributed by atoms with Crippen molar-refractivity contribution in [2.75, 3.05) is 70.8 Å². The first-order chi connectivity index (χ1) is 28.2. The van der Waals surface area contributed by atoms with E-state index in [1.807, 2.05) is 0 Å². The maximum absolute atomic E-state index is 14.2. The Morgan fingerprint density at radius 1 is 1.02 bits per heavy atom. The molecule has 0 aliphatic carbocycles. The summed E-state index contributed by atoms with van der Waals surface area (Å²) in [6.07, 6.45) is 1.72. The van der Waals surface area contributed by atoms with Gasteiger partial charge in [0.1, 0.15) is 0 Å². The molecule has 3 aliphatic rings. The minimum Gasteiger partial charge on any atom is -0.477 e. The molecule has 8 rings (SSSR count). The second-order valence-corrected chi connectivity index (χ2v) is 15.8. The van der Waals surface area contributed by atoms with E-state index in [0.717, 1.165) is 36.7 Å². The quantitative estimate of drug-likeness (QED) is 0.152. The average Bonchev–Trinajstić information content (AvgIpc) is 3.94. The number of hydrogen-bond acceptors (Lipinski definition) is 9. The van der Waals surface area contributed by atoms with E-state index in [2.05, 4.69) is 35.7 Å². The van der Waals surface area contributed by atoms with Crippen LogP contribution in [0, 0.1) is 11.8 Å². The Hall–Kier alpha value is -5.86. The largest absolute Gasteiger partial charge is 0.477 e. The van der Waals surface area contributed by atoms with Gasteiger partial charge in [-0.1, -0.05) is 11.6 Å². The number of rotatable bonds is 10. The van der Waals surface area contributed by atoms with Gasteiger partial charge < -0.3 is 39.6 Å². The molecule has 0 bridgehead atoms. The summed E-state index contributed by atoms with van der Waals surface area (Å²) in [6.45, 7) is 5.24. The van der Waals surface area contributed by atoms with Crippen molar-refractivity contribution in [3.8, 4) is 17.2 Å². The molecule has 0 radical (unpaired) electrons. The van der Waals surface area contributed by atoms with Gasteiger partial charge in [0.05, 0.1) is 64.9 Å². The summed E-state index contributed by atoms with van der Waals surface area (Å²) in [5.41, 5.74) is -0.0910. The van der Waals surface area contributed by atoms with Gasteiger partial charge in [-0.3, -0.25) is 14.4 Å². The molecule has 0 saturated carbocycles. The fourth-order valence-corrected chi connectivity index (χ4v) is 8.54. The maximum Gasteiger partial charge on any atom is 0.435 e. The van der Waals surface area contributed by atoms with Crippen LogP contribution in [0.4, 0.5) is 18.9 Å². The Morgan fingerprint density at radius 3 is 2.41 bits per heavy atom. The number of piperidine rings is 1. The number of hydrogen-bond donors (Lipinski definition) is 4. The third kappa shape index (κ3) is 8.11. The molecule has 1 aromatic carbocycles. The van der Waals surface area contributed by atoms with Crippen LogP contribution < -0.4 is 10.6 Å². The molecule has 4 N–H and O–H groups in total. The van der Waals surface area contributed by atoms with E-state index < -0.39 is 23.7 Å². The van der Waals surface area contributed by atoms with Gasteiger partial charge in [0.25, 0.3) is 17.8 Å². The predicted molar refractivity (Wildman–Crippen MR) is 207 cm³/mol. The van der Waals surface area contributed by atoms with Gasteiger partial charge in [0.15, 0.2) is 18.1 Å². The monoisotopic (exact) mass is 837 g/mol. The maximum atomic E-state index is 14.2. The van der Waals surface area contributed by atoms with Crippen molar-refractivity contribution in [1.29, 1.82) is 0 Å². The molecule has 3 aliphatic heterocycles. The number of aromatic amines is 1. The number of amides is 3. The van der Waals surface area contributed by atoms with Crippen LogP contribution in [0.2, 0.25) is 5.02 Å². The van der Waals surface area contributed by atoms with Crippen molar-refractivity contribution < 1.29 is 41.9 Å². The van der Waals surface area contributed by atoms with Gasteiger partial charge in [-0.05, 0) is 24.3 Å². The number of likely N-dealkylation sites (tertiary alicyclic amines) is 1. The number of carboxylic acid groups (broad SMARTS) is 1. The van der Waals surface area contributed by atoms with Crippen LogP contribution in [0.25, 0.3) is 28.2 Å². The molecule has 310 valence electrons. The minimum absolute atomic E-state index is 0.0320. The van der Waals surface area contributed by atoms with Crippen LogP contribution in [0.1, 0.15) is 39.5 Å². The Morgan fingerprint density at radius 2 is 1.75 bits per heavy atom. The fourth-order valence-electron chi connectivity index (χ4n) is 8.28. The number of halogens is 4. The number of carboxylic acids is 1. The number of alkyl halides is 3. The number of nitrogens with one attached hydrogen (secondary N) is 3. The molecule has 3 fully saturated rings. The van der Waals surface area contributed by atoms with E-state index in [9.17, 15) is 37.5 Å². The van der Waals surface area contributed by atoms with Crippen LogP contribution >= 0.6 is 11.6 Å². The van der Waals surface area contributed by atoms with E-state index in [0.29, 0.717) is 73.5 Å². The number of imidazole rings is 1. The SMILES string of the molecule is Cn1c(-c2cn(-c3ncc4[nH]ccc4n3)nc2C(F)(F)F)cnc1C(=O)Nc1ccc(C(=O)N2CCN(C(=O)C3CC[N+](CC(=O)O)(CC4CNC4)CC3)CC2)c(Cl)c1. The first kappa shape index (κ1) is 39.9. The van der Waals surface area contributed by atoms with Crippen molar-refractivity contribution in [3.05, 3.63) is 71.2 Å². The van der Waals surface area contributed by atoms with Gasteiger partial charge in [-0.15, -0.1) is 0 Å². The number of anilines is 1. The predicted octanol–water partition coefficient (Wildman–Crippen LogP) is 3.28. The summed E-state index contributed by atoms with van der Waals surface area (Å²) < 4.78 is 45.2. The Kier molecular flexibility index (Phi) is 10.6. The summed E-state index contributed by atoms with van der Waals surface area (Å²) >= 11 is 6.55. The van der Waals surface area contributed by atoms with Crippen molar-refractivity contribution in [2.24, 2.45) is 18.9 Å². The lowest BCUT2D eigenvalue weighted by Crippen LogP contribution is -2.62. The average molecular weight is 838 g/mol. The highest BCUT2D eigenvalue weighted by atomic mass is 35.5. The van der Waals surface area contributed by atoms with Gasteiger partial charge in [0.2, 0.25) is 5.91 Å². The lowest BCUT2D eigenvalue weighted by molar-refractivity contribution is -0.929. The topological polar surface area (TPSA) is 196 Å². The molecule has 17 nitrogen and oxygen atoms in total. The standard InChI is InChI=1S/C38H40ClF3N12O5/c1-50-30(26-19-53(49-32(26)38(40,41)42)37-46-17-29-28(48-37)4-7-44-29)18-45-33(50)34(57)47-24-2-3-25(27(39)14-24)36(59)52-10-8-51(9-11-52)35(58)23-5-12-54(13-6-23,21-31(55)56)20-22-15-43-16-22/h2-4,7,14,17-19,22-23,43H,5-6,8-13,15-16,20-21H2,1H3,(H2-,44,46,47,48,55,56,57,59)/p+1. The zero-order valence-corrected chi connectivity index (χ0v) is 32.6. The van der Waals surface area contributed by atoms with Crippen LogP contribution in [0.5, 0.6) is 0 Å². The first-order valence-corrected chi connectivity index (χ1v) is 19.5. The second-order valence-electron chi connectivity index (χ2n) is 15.4. The highest BCUT2D eigenvalue weighted by molar-refractivity contribution is 6.34. The summed E-state index contributed by atoms with van der Waals surface area (Å²) in [6, 6.07) is 6.01. The van der Waals surface area contributed by atoms with Gasteiger partial charge in [-0.2, -0.15) is 18.3 Å². The number of aliphatic carboxylic acids is 1. The van der Waals surface area contributed by atoms with Crippen molar-refractivity contribution in [1.82, 2.24) is 49.4 Å². The number of carbonyl (C=O) groups excluding carboxylic acids is 3. The number of H-pyrrole nitrogens is 1. The van der Waals surface area contributed by atoms with Gasteiger partial charge in [0, 0.05) is 89.1 Å². The number of quaternary nitrogens is 1. The van der Waals surface area contributed by atoms with Crippen LogP contribution in [0.15, 0.2) is 49.1 Å². The van der Waals surface area contributed by atoms with Crippen LogP contribution in [-0.4, -0.2) is 143 Å². The minimum atomic E-state index is -4.85. The molecular weight excluding hydrogens is 797 g/mol. The van der Waals surface area contributed by atoms with Crippen LogP contribution in [-0.2, 0) is 22.8 Å². The zero-order valence-electron chi connectivity index (χ0n) is 31.9. The summed E-state index contributed by atoms with van der Waals surface area (Å²) in [4.78, 5) is 70.9. The Bertz CT molecular complexity index is 2430. The molecule has 0 unspecified atom stereocenters. The molecule has 59 heavy (non-hydrogen) atoms. The number of piperazine rings is 1. The molecule has 5 aromatic rings. The van der Waals surface area contributed by atoms with E-state index in [1.54, 1.807) is 22.1 Å². The van der Waals surface area contributed by atoms with E-state index in [4.69, 9.17) is 11.6 Å². The lowest BCUT2D eigenvalue weighted by Gasteiger charge is -2.46. The number of aromatic nitrogens is 7. The highest BCUT2D eigenvalue weighted by Crippen LogP contribution is 2.37. The molecule has 0 spiro atoms. The molecule has 3 amide bonds. The second kappa shape index (κ2) is 15.7. The molecule has 3 saturated heterocycles.